The van der Waals surface area contributed by atoms with Crippen LogP contribution in [0, 0.1) is 6.92 Å². The molecule has 2 aromatic rings. The zero-order chi connectivity index (χ0) is 18.6. The molecule has 1 fully saturated rings. The molecule has 5 nitrogen and oxygen atoms in total. The molecule has 1 saturated heterocycles. The second-order valence-corrected chi connectivity index (χ2v) is 8.57. The van der Waals surface area contributed by atoms with Crippen LogP contribution in [0.4, 0.5) is 0 Å². The predicted molar refractivity (Wildman–Crippen MR) is 100 cm³/mol. The Hall–Kier alpha value is -1.73. The summed E-state index contributed by atoms with van der Waals surface area (Å²) in [4.78, 5) is 0.271. The number of ether oxygens (including phenoxy) is 1. The lowest BCUT2D eigenvalue weighted by Gasteiger charge is -2.25. The van der Waals surface area contributed by atoms with Crippen molar-refractivity contribution < 1.29 is 18.3 Å². The van der Waals surface area contributed by atoms with Gasteiger partial charge in [0.05, 0.1) is 23.6 Å². The molecule has 140 valence electrons. The maximum atomic E-state index is 12.9. The van der Waals surface area contributed by atoms with Crippen molar-refractivity contribution in [2.24, 2.45) is 0 Å². The third kappa shape index (κ3) is 4.32. The maximum absolute atomic E-state index is 12.9. The Balaban J connectivity index is 1.62. The van der Waals surface area contributed by atoms with Crippen LogP contribution in [0.1, 0.15) is 24.0 Å². The number of sulfonamides is 1. The van der Waals surface area contributed by atoms with Crippen molar-refractivity contribution in [3.63, 3.8) is 0 Å². The molecular weight excluding hydrogens is 350 g/mol. The molecule has 1 heterocycles. The number of aliphatic hydroxyl groups excluding tert-OH is 1. The number of benzene rings is 2. The van der Waals surface area contributed by atoms with E-state index in [0.717, 1.165) is 11.1 Å². The minimum absolute atomic E-state index is 0.271. The number of hydrogen-bond acceptors (Lipinski definition) is 4. The number of hydrogen-bond donors (Lipinski definition) is 1. The minimum atomic E-state index is -3.61. The van der Waals surface area contributed by atoms with Gasteiger partial charge in [-0.15, -0.1) is 0 Å². The molecule has 1 aliphatic rings. The van der Waals surface area contributed by atoms with E-state index in [9.17, 15) is 13.5 Å². The summed E-state index contributed by atoms with van der Waals surface area (Å²) in [6, 6.07) is 16.2. The molecule has 0 aliphatic carbocycles. The molecule has 0 unspecified atom stereocenters. The Kier molecular flexibility index (Phi) is 6.09. The smallest absolute Gasteiger partial charge is 0.243 e. The Morgan fingerprint density at radius 3 is 2.50 bits per heavy atom. The van der Waals surface area contributed by atoms with Crippen molar-refractivity contribution >= 4 is 10.0 Å². The predicted octanol–water partition coefficient (Wildman–Crippen LogP) is 2.73. The highest BCUT2D eigenvalue weighted by molar-refractivity contribution is 7.89. The molecule has 2 aromatic carbocycles. The van der Waals surface area contributed by atoms with Crippen LogP contribution >= 0.6 is 0 Å². The van der Waals surface area contributed by atoms with Crippen LogP contribution in [-0.2, 0) is 21.4 Å². The van der Waals surface area contributed by atoms with E-state index in [1.165, 1.54) is 4.31 Å². The molecule has 0 bridgehead atoms. The molecule has 26 heavy (non-hydrogen) atoms. The van der Waals surface area contributed by atoms with E-state index in [2.05, 4.69) is 0 Å². The molecular formula is C20H25NO4S. The van der Waals surface area contributed by atoms with Crippen LogP contribution in [0.5, 0.6) is 0 Å². The number of rotatable bonds is 7. The summed E-state index contributed by atoms with van der Waals surface area (Å²) in [6.07, 6.45) is 0.267. The van der Waals surface area contributed by atoms with Gasteiger partial charge in [-0.05, 0) is 37.5 Å². The highest BCUT2D eigenvalue weighted by atomic mass is 32.2. The average Bonchev–Trinajstić information content (AvgIpc) is 3.01. The molecule has 0 spiro atoms. The van der Waals surface area contributed by atoms with Crippen molar-refractivity contribution in [1.82, 2.24) is 4.31 Å². The van der Waals surface area contributed by atoms with Crippen molar-refractivity contribution in [3.05, 3.63) is 65.7 Å². The fourth-order valence-corrected chi connectivity index (χ4v) is 4.96. The van der Waals surface area contributed by atoms with Gasteiger partial charge in [0.2, 0.25) is 10.0 Å². The van der Waals surface area contributed by atoms with Crippen LogP contribution in [0.25, 0.3) is 0 Å². The first kappa shape index (κ1) is 19.0. The van der Waals surface area contributed by atoms with Gasteiger partial charge < -0.3 is 9.84 Å². The van der Waals surface area contributed by atoms with E-state index in [-0.39, 0.29) is 4.90 Å². The normalized spacial score (nSPS) is 21.2. The summed E-state index contributed by atoms with van der Waals surface area (Å²) in [5.41, 5.74) is 2.08. The second-order valence-electron chi connectivity index (χ2n) is 6.68. The lowest BCUT2D eigenvalue weighted by atomic mass is 10.1. The van der Waals surface area contributed by atoms with Crippen LogP contribution in [0.15, 0.2) is 59.5 Å². The fraction of sp³-hybridized carbons (Fsp3) is 0.400. The first-order valence-electron chi connectivity index (χ1n) is 8.87. The molecule has 1 N–H and O–H groups in total. The van der Waals surface area contributed by atoms with Crippen LogP contribution in [-0.4, -0.2) is 43.1 Å². The number of aliphatic hydroxyl groups is 1. The SMILES string of the molecule is Cc1ccc(S(=O)(=O)N2CC[C@H](O)[C@H]2CCOCc2ccccc2)cc1. The van der Waals surface area contributed by atoms with Crippen molar-refractivity contribution in [1.29, 1.82) is 0 Å². The molecule has 6 heteroatoms. The largest absolute Gasteiger partial charge is 0.391 e. The Bertz CT molecular complexity index is 805. The molecule has 0 aromatic heterocycles. The zero-order valence-corrected chi connectivity index (χ0v) is 15.7. The van der Waals surface area contributed by atoms with E-state index >= 15 is 0 Å². The van der Waals surface area contributed by atoms with Gasteiger partial charge in [0.25, 0.3) is 0 Å². The average molecular weight is 375 g/mol. The highest BCUT2D eigenvalue weighted by Gasteiger charge is 2.40. The third-order valence-corrected chi connectivity index (χ3v) is 6.70. The summed E-state index contributed by atoms with van der Waals surface area (Å²) in [6.45, 7) is 3.13. The van der Waals surface area contributed by atoms with Gasteiger partial charge >= 0.3 is 0 Å². The fourth-order valence-electron chi connectivity index (χ4n) is 3.26. The van der Waals surface area contributed by atoms with Gasteiger partial charge in [-0.25, -0.2) is 8.42 Å². The Morgan fingerprint density at radius 2 is 1.81 bits per heavy atom. The Morgan fingerprint density at radius 1 is 1.12 bits per heavy atom. The first-order valence-corrected chi connectivity index (χ1v) is 10.3. The van der Waals surface area contributed by atoms with E-state index in [1.54, 1.807) is 24.3 Å². The van der Waals surface area contributed by atoms with Gasteiger partial charge in [-0.1, -0.05) is 48.0 Å². The van der Waals surface area contributed by atoms with E-state index in [4.69, 9.17) is 4.74 Å². The summed E-state index contributed by atoms with van der Waals surface area (Å²) >= 11 is 0. The standard InChI is InChI=1S/C20H25NO4S/c1-16-7-9-18(10-8-16)26(23,24)21-13-11-20(22)19(21)12-14-25-15-17-5-3-2-4-6-17/h2-10,19-20,22H,11-15H2,1H3/t19-,20+/m1/s1. The molecule has 3 rings (SSSR count). The molecule has 1 aliphatic heterocycles. The summed E-state index contributed by atoms with van der Waals surface area (Å²) in [7, 11) is -3.61. The van der Waals surface area contributed by atoms with Crippen molar-refractivity contribution in [2.45, 2.75) is 43.4 Å². The van der Waals surface area contributed by atoms with Gasteiger partial charge in [-0.3, -0.25) is 0 Å². The minimum Gasteiger partial charge on any atom is -0.391 e. The summed E-state index contributed by atoms with van der Waals surface area (Å²) in [5.74, 6) is 0. The van der Waals surface area contributed by atoms with Gasteiger partial charge in [0.1, 0.15) is 0 Å². The molecule has 0 radical (unpaired) electrons. The molecule has 0 amide bonds. The van der Waals surface area contributed by atoms with Gasteiger partial charge in [0.15, 0.2) is 0 Å². The number of aryl methyl sites for hydroxylation is 1. The maximum Gasteiger partial charge on any atom is 0.243 e. The van der Waals surface area contributed by atoms with Crippen molar-refractivity contribution in [3.8, 4) is 0 Å². The first-order chi connectivity index (χ1) is 12.5. The summed E-state index contributed by atoms with van der Waals surface area (Å²) < 4.78 is 33.0. The second kappa shape index (κ2) is 8.31. The van der Waals surface area contributed by atoms with Gasteiger partial charge in [-0.2, -0.15) is 4.31 Å². The highest BCUT2D eigenvalue weighted by Crippen LogP contribution is 2.28. The zero-order valence-electron chi connectivity index (χ0n) is 14.9. The monoisotopic (exact) mass is 375 g/mol. The lowest BCUT2D eigenvalue weighted by molar-refractivity contribution is 0.0786. The third-order valence-electron chi connectivity index (χ3n) is 4.76. The van der Waals surface area contributed by atoms with E-state index in [1.807, 2.05) is 37.3 Å². The quantitative estimate of drug-likeness (QED) is 0.756. The summed E-state index contributed by atoms with van der Waals surface area (Å²) in [5, 5.41) is 10.3. The van der Waals surface area contributed by atoms with Crippen LogP contribution in [0.2, 0.25) is 0 Å². The lowest BCUT2D eigenvalue weighted by Crippen LogP contribution is -2.40. The van der Waals surface area contributed by atoms with Crippen molar-refractivity contribution in [2.75, 3.05) is 13.2 Å². The Labute approximate surface area is 155 Å². The van der Waals surface area contributed by atoms with Crippen LogP contribution in [0.3, 0.4) is 0 Å². The van der Waals surface area contributed by atoms with E-state index in [0.29, 0.717) is 32.6 Å². The van der Waals surface area contributed by atoms with Gasteiger partial charge in [0, 0.05) is 13.2 Å². The molecule has 2 atom stereocenters. The van der Waals surface area contributed by atoms with E-state index < -0.39 is 22.2 Å². The topological polar surface area (TPSA) is 66.8 Å². The molecule has 0 saturated carbocycles. The van der Waals surface area contributed by atoms with Crippen LogP contribution < -0.4 is 0 Å². The number of nitrogens with zero attached hydrogens (tertiary/aromatic N) is 1.